The van der Waals surface area contributed by atoms with Crippen LogP contribution in [0.2, 0.25) is 0 Å². The van der Waals surface area contributed by atoms with Gasteiger partial charge in [-0.3, -0.25) is 4.98 Å². The Hall–Kier alpha value is -7.52. The van der Waals surface area contributed by atoms with Crippen molar-refractivity contribution >= 4 is 31.5 Å². The molecule has 7 aromatic carbocycles. The molecule has 0 bridgehead atoms. The van der Waals surface area contributed by atoms with E-state index in [1.807, 2.05) is 54.9 Å². The maximum absolute atomic E-state index is 9.47. The van der Waals surface area contributed by atoms with Gasteiger partial charge in [0.1, 0.15) is 0 Å². The third-order valence-electron chi connectivity index (χ3n) is 10.4. The molecule has 3 aromatic heterocycles. The van der Waals surface area contributed by atoms with Gasteiger partial charge in [0.05, 0.1) is 23.0 Å². The summed E-state index contributed by atoms with van der Waals surface area (Å²) in [7, 11) is 0. The standard InChI is InChI=1S/C52H32N4S/c53-32-34-13-23-46-47-24-22-41(30-51(47)57-50(46)26-34)44-27-43(28-45(29-44)42-12-7-25-54-33-42)37-16-20-39(21-17-37)49-31-48(55-52(56-49)40-10-5-2-6-11-40)38-18-14-36(15-19-38)35-8-3-1-4-9-35/h1-31,33H. The average molecular weight is 745 g/mol. The number of hydrogen-bond acceptors (Lipinski definition) is 5. The molecule has 0 spiro atoms. The first-order valence-electron chi connectivity index (χ1n) is 18.8. The van der Waals surface area contributed by atoms with Crippen molar-refractivity contribution in [1.29, 1.82) is 5.26 Å². The lowest BCUT2D eigenvalue weighted by Crippen LogP contribution is -1.96. The molecule has 10 rings (SSSR count). The highest BCUT2D eigenvalue weighted by Crippen LogP contribution is 2.39. The first kappa shape index (κ1) is 34.0. The van der Waals surface area contributed by atoms with Crippen molar-refractivity contribution in [2.45, 2.75) is 0 Å². The predicted molar refractivity (Wildman–Crippen MR) is 235 cm³/mol. The number of fused-ring (bicyclic) bond motifs is 3. The van der Waals surface area contributed by atoms with Crippen molar-refractivity contribution in [3.63, 3.8) is 0 Å². The van der Waals surface area contributed by atoms with Crippen molar-refractivity contribution < 1.29 is 0 Å². The third-order valence-corrected chi connectivity index (χ3v) is 11.5. The first-order chi connectivity index (χ1) is 28.1. The van der Waals surface area contributed by atoms with Gasteiger partial charge in [-0.25, -0.2) is 9.97 Å². The topological polar surface area (TPSA) is 62.5 Å². The van der Waals surface area contributed by atoms with E-state index in [9.17, 15) is 5.26 Å². The summed E-state index contributed by atoms with van der Waals surface area (Å²) in [6.07, 6.45) is 3.72. The van der Waals surface area contributed by atoms with Crippen LogP contribution in [0.5, 0.6) is 0 Å². The molecule has 266 valence electrons. The van der Waals surface area contributed by atoms with Gasteiger partial charge in [-0.15, -0.1) is 11.3 Å². The third kappa shape index (κ3) is 6.76. The molecule has 0 aliphatic heterocycles. The molecule has 0 N–H and O–H groups in total. The van der Waals surface area contributed by atoms with Gasteiger partial charge >= 0.3 is 0 Å². The van der Waals surface area contributed by atoms with Crippen LogP contribution in [-0.2, 0) is 0 Å². The minimum absolute atomic E-state index is 0.680. The summed E-state index contributed by atoms with van der Waals surface area (Å²) < 4.78 is 2.32. The van der Waals surface area contributed by atoms with E-state index in [4.69, 9.17) is 9.97 Å². The summed E-state index contributed by atoms with van der Waals surface area (Å²) in [4.78, 5) is 14.6. The van der Waals surface area contributed by atoms with Crippen LogP contribution in [-0.4, -0.2) is 15.0 Å². The molecule has 3 heterocycles. The van der Waals surface area contributed by atoms with Gasteiger partial charge in [-0.05, 0) is 87.5 Å². The number of rotatable bonds is 7. The number of hydrogen-bond donors (Lipinski definition) is 0. The number of thiophene rings is 1. The van der Waals surface area contributed by atoms with Crippen LogP contribution < -0.4 is 0 Å². The van der Waals surface area contributed by atoms with Crippen molar-refractivity contribution in [2.75, 3.05) is 0 Å². The molecule has 0 aliphatic rings. The minimum atomic E-state index is 0.680. The van der Waals surface area contributed by atoms with Gasteiger partial charge in [-0.2, -0.15) is 5.26 Å². The maximum atomic E-state index is 9.47. The second-order valence-electron chi connectivity index (χ2n) is 14.0. The molecule has 0 radical (unpaired) electrons. The Labute approximate surface area is 334 Å². The SMILES string of the molecule is N#Cc1ccc2c(c1)sc1cc(-c3cc(-c4ccc(-c5cc(-c6ccc(-c7ccccc7)cc6)nc(-c6ccccc6)n5)cc4)cc(-c4cccnc4)c3)ccc12. The van der Waals surface area contributed by atoms with Gasteiger partial charge in [0.2, 0.25) is 0 Å². The Bertz CT molecular complexity index is 3100. The number of pyridine rings is 1. The minimum Gasteiger partial charge on any atom is -0.264 e. The van der Waals surface area contributed by atoms with Crippen LogP contribution in [0.1, 0.15) is 5.56 Å². The van der Waals surface area contributed by atoms with E-state index < -0.39 is 0 Å². The first-order valence-corrected chi connectivity index (χ1v) is 19.6. The highest BCUT2D eigenvalue weighted by atomic mass is 32.1. The fraction of sp³-hybridized carbons (Fsp3) is 0. The molecule has 10 aromatic rings. The average Bonchev–Trinajstić information content (AvgIpc) is 3.67. The van der Waals surface area contributed by atoms with Crippen molar-refractivity contribution in [3.05, 3.63) is 200 Å². The van der Waals surface area contributed by atoms with Crippen LogP contribution in [0.4, 0.5) is 0 Å². The summed E-state index contributed by atoms with van der Waals surface area (Å²) in [5.74, 6) is 0.689. The maximum Gasteiger partial charge on any atom is 0.160 e. The zero-order valence-electron chi connectivity index (χ0n) is 30.7. The molecular weight excluding hydrogens is 713 g/mol. The molecule has 57 heavy (non-hydrogen) atoms. The predicted octanol–water partition coefficient (Wildman–Crippen LogP) is 13.8. The van der Waals surface area contributed by atoms with Crippen LogP contribution in [0, 0.1) is 11.3 Å². The molecule has 0 saturated carbocycles. The summed E-state index contributed by atoms with van der Waals surface area (Å²) in [6, 6.07) is 65.7. The number of nitrogens with zero attached hydrogens (tertiary/aromatic N) is 4. The van der Waals surface area contributed by atoms with Crippen LogP contribution >= 0.6 is 11.3 Å². The smallest absolute Gasteiger partial charge is 0.160 e. The Balaban J connectivity index is 1.04. The monoisotopic (exact) mass is 744 g/mol. The van der Waals surface area contributed by atoms with E-state index in [0.29, 0.717) is 11.4 Å². The molecule has 0 fully saturated rings. The van der Waals surface area contributed by atoms with Gasteiger partial charge in [-0.1, -0.05) is 133 Å². The quantitative estimate of drug-likeness (QED) is 0.163. The molecule has 0 aliphatic carbocycles. The van der Waals surface area contributed by atoms with E-state index in [2.05, 4.69) is 151 Å². The lowest BCUT2D eigenvalue weighted by molar-refractivity contribution is 1.18. The number of benzene rings is 7. The van der Waals surface area contributed by atoms with Crippen LogP contribution in [0.25, 0.3) is 98.6 Å². The lowest BCUT2D eigenvalue weighted by Gasteiger charge is -2.13. The van der Waals surface area contributed by atoms with E-state index in [1.165, 1.54) is 26.6 Å². The normalized spacial score (nSPS) is 11.1. The fourth-order valence-electron chi connectivity index (χ4n) is 7.44. The van der Waals surface area contributed by atoms with Gasteiger partial charge in [0.25, 0.3) is 0 Å². The van der Waals surface area contributed by atoms with Crippen molar-refractivity contribution in [3.8, 4) is 84.5 Å². The zero-order valence-corrected chi connectivity index (χ0v) is 31.5. The van der Waals surface area contributed by atoms with Crippen LogP contribution in [0.15, 0.2) is 194 Å². The van der Waals surface area contributed by atoms with E-state index in [1.54, 1.807) is 11.3 Å². The largest absolute Gasteiger partial charge is 0.264 e. The van der Waals surface area contributed by atoms with Crippen molar-refractivity contribution in [2.24, 2.45) is 0 Å². The summed E-state index contributed by atoms with van der Waals surface area (Å²) >= 11 is 1.73. The highest BCUT2D eigenvalue weighted by molar-refractivity contribution is 7.25. The molecule has 5 heteroatoms. The lowest BCUT2D eigenvalue weighted by atomic mass is 9.93. The molecule has 0 unspecified atom stereocenters. The van der Waals surface area contributed by atoms with E-state index in [0.717, 1.165) is 66.2 Å². The summed E-state index contributed by atoms with van der Waals surface area (Å²) in [6.45, 7) is 0. The number of nitriles is 1. The molecule has 0 amide bonds. The number of aromatic nitrogens is 3. The Morgan fingerprint density at radius 1 is 0.386 bits per heavy atom. The van der Waals surface area contributed by atoms with E-state index >= 15 is 0 Å². The summed E-state index contributed by atoms with van der Waals surface area (Å²) in [5, 5.41) is 11.9. The van der Waals surface area contributed by atoms with Crippen molar-refractivity contribution in [1.82, 2.24) is 15.0 Å². The molecular formula is C52H32N4S. The van der Waals surface area contributed by atoms with Crippen LogP contribution in [0.3, 0.4) is 0 Å². The van der Waals surface area contributed by atoms with Gasteiger partial charge in [0.15, 0.2) is 5.82 Å². The second kappa shape index (κ2) is 14.6. The molecule has 4 nitrogen and oxygen atoms in total. The fourth-order valence-corrected chi connectivity index (χ4v) is 8.63. The summed E-state index contributed by atoms with van der Waals surface area (Å²) in [5.41, 5.74) is 14.4. The van der Waals surface area contributed by atoms with E-state index in [-0.39, 0.29) is 0 Å². The molecule has 0 atom stereocenters. The highest BCUT2D eigenvalue weighted by Gasteiger charge is 2.14. The Morgan fingerprint density at radius 2 is 0.877 bits per heavy atom. The van der Waals surface area contributed by atoms with Gasteiger partial charge in [0, 0.05) is 54.8 Å². The zero-order chi connectivity index (χ0) is 38.1. The Morgan fingerprint density at radius 3 is 1.49 bits per heavy atom. The second-order valence-corrected chi connectivity index (χ2v) is 15.1. The Kier molecular flexibility index (Phi) is 8.72. The molecule has 0 saturated heterocycles. The van der Waals surface area contributed by atoms with Gasteiger partial charge < -0.3 is 0 Å².